The molecule has 1 amide bonds. The minimum atomic E-state index is -0.833. The summed E-state index contributed by atoms with van der Waals surface area (Å²) in [5.74, 6) is -1.17. The zero-order chi connectivity index (χ0) is 13.2. The van der Waals surface area contributed by atoms with E-state index in [-0.39, 0.29) is 17.8 Å². The molecule has 0 spiro atoms. The zero-order valence-electron chi connectivity index (χ0n) is 10.1. The third-order valence-corrected chi connectivity index (χ3v) is 3.35. The molecule has 4 N–H and O–H groups in total. The molecule has 0 bridgehead atoms. The predicted octanol–water partition coefficient (Wildman–Crippen LogP) is 1.44. The number of carbonyl (C=O) groups is 1. The zero-order valence-corrected chi connectivity index (χ0v) is 10.1. The van der Waals surface area contributed by atoms with Crippen LogP contribution in [0.4, 0.5) is 10.1 Å². The standard InChI is InChI=1S/C13H17FN2O2/c14-11-7-9(15)3-4-10(11)12(17)16-8-13(18)5-1-2-6-13/h3-4,7,18H,1-2,5-6,8,15H2,(H,16,17). The number of amides is 1. The largest absolute Gasteiger partial charge is 0.399 e. The monoisotopic (exact) mass is 252 g/mol. The van der Waals surface area contributed by atoms with Gasteiger partial charge in [-0.2, -0.15) is 0 Å². The minimum absolute atomic E-state index is 0.0502. The maximum atomic E-state index is 13.5. The number of hydrogen-bond donors (Lipinski definition) is 3. The Balaban J connectivity index is 1.99. The van der Waals surface area contributed by atoms with Gasteiger partial charge < -0.3 is 16.2 Å². The smallest absolute Gasteiger partial charge is 0.254 e. The van der Waals surface area contributed by atoms with E-state index in [1.54, 1.807) is 0 Å². The topological polar surface area (TPSA) is 75.4 Å². The van der Waals surface area contributed by atoms with Crippen LogP contribution in [0.2, 0.25) is 0 Å². The van der Waals surface area contributed by atoms with Gasteiger partial charge in [0.15, 0.2) is 0 Å². The van der Waals surface area contributed by atoms with E-state index in [1.165, 1.54) is 12.1 Å². The summed E-state index contributed by atoms with van der Waals surface area (Å²) in [5.41, 5.74) is 4.80. The number of nitrogens with two attached hydrogens (primary N) is 1. The van der Waals surface area contributed by atoms with Crippen molar-refractivity contribution >= 4 is 11.6 Å². The van der Waals surface area contributed by atoms with Crippen LogP contribution in [0, 0.1) is 5.82 Å². The van der Waals surface area contributed by atoms with Gasteiger partial charge in [0.2, 0.25) is 0 Å². The van der Waals surface area contributed by atoms with E-state index >= 15 is 0 Å². The molecule has 18 heavy (non-hydrogen) atoms. The van der Waals surface area contributed by atoms with Gasteiger partial charge in [-0.05, 0) is 31.0 Å². The summed E-state index contributed by atoms with van der Waals surface area (Å²) in [6, 6.07) is 3.93. The van der Waals surface area contributed by atoms with Gasteiger partial charge in [-0.1, -0.05) is 12.8 Å². The third-order valence-electron chi connectivity index (χ3n) is 3.35. The van der Waals surface area contributed by atoms with Gasteiger partial charge in [-0.15, -0.1) is 0 Å². The summed E-state index contributed by atoms with van der Waals surface area (Å²) in [5, 5.41) is 12.6. The van der Waals surface area contributed by atoms with Gasteiger partial charge in [0.05, 0.1) is 11.2 Å². The number of nitrogens with one attached hydrogen (secondary N) is 1. The maximum absolute atomic E-state index is 13.5. The highest BCUT2D eigenvalue weighted by molar-refractivity contribution is 5.94. The Labute approximate surface area is 105 Å². The summed E-state index contributed by atoms with van der Waals surface area (Å²) >= 11 is 0. The van der Waals surface area contributed by atoms with E-state index in [9.17, 15) is 14.3 Å². The molecular weight excluding hydrogens is 235 g/mol. The van der Waals surface area contributed by atoms with E-state index in [0.717, 1.165) is 18.9 Å². The van der Waals surface area contributed by atoms with E-state index in [0.29, 0.717) is 12.8 Å². The summed E-state index contributed by atoms with van der Waals surface area (Å²) in [4.78, 5) is 11.8. The molecule has 1 saturated carbocycles. The van der Waals surface area contributed by atoms with Crippen molar-refractivity contribution in [3.63, 3.8) is 0 Å². The fraction of sp³-hybridized carbons (Fsp3) is 0.462. The van der Waals surface area contributed by atoms with Crippen LogP contribution in [-0.2, 0) is 0 Å². The van der Waals surface area contributed by atoms with Crippen LogP contribution in [-0.4, -0.2) is 23.2 Å². The molecule has 0 atom stereocenters. The van der Waals surface area contributed by atoms with Gasteiger partial charge in [0, 0.05) is 12.2 Å². The maximum Gasteiger partial charge on any atom is 0.254 e. The fourth-order valence-corrected chi connectivity index (χ4v) is 2.27. The molecule has 0 radical (unpaired) electrons. The van der Waals surface area contributed by atoms with Crippen LogP contribution in [0.15, 0.2) is 18.2 Å². The van der Waals surface area contributed by atoms with E-state index in [2.05, 4.69) is 5.32 Å². The van der Waals surface area contributed by atoms with E-state index < -0.39 is 17.3 Å². The molecule has 1 aliphatic carbocycles. The quantitative estimate of drug-likeness (QED) is 0.712. The third kappa shape index (κ3) is 2.79. The lowest BCUT2D eigenvalue weighted by Crippen LogP contribution is -2.41. The molecule has 5 heteroatoms. The van der Waals surface area contributed by atoms with E-state index in [4.69, 9.17) is 5.73 Å². The minimum Gasteiger partial charge on any atom is -0.399 e. The second-order valence-electron chi connectivity index (χ2n) is 4.85. The molecule has 4 nitrogen and oxygen atoms in total. The summed E-state index contributed by atoms with van der Waals surface area (Å²) in [6.45, 7) is 0.162. The van der Waals surface area contributed by atoms with Gasteiger partial charge in [-0.25, -0.2) is 4.39 Å². The van der Waals surface area contributed by atoms with Crippen molar-refractivity contribution in [3.8, 4) is 0 Å². The van der Waals surface area contributed by atoms with Crippen molar-refractivity contribution in [2.75, 3.05) is 12.3 Å². The number of rotatable bonds is 3. The molecule has 1 aliphatic rings. The molecule has 2 rings (SSSR count). The van der Waals surface area contributed by atoms with Crippen LogP contribution in [0.25, 0.3) is 0 Å². The van der Waals surface area contributed by atoms with Gasteiger partial charge >= 0.3 is 0 Å². The Kier molecular flexibility index (Phi) is 3.52. The number of carbonyl (C=O) groups excluding carboxylic acids is 1. The Morgan fingerprint density at radius 2 is 2.11 bits per heavy atom. The predicted molar refractivity (Wildman–Crippen MR) is 66.6 cm³/mol. The molecule has 1 fully saturated rings. The number of hydrogen-bond acceptors (Lipinski definition) is 3. The lowest BCUT2D eigenvalue weighted by Gasteiger charge is -2.22. The normalized spacial score (nSPS) is 17.7. The van der Waals surface area contributed by atoms with Crippen molar-refractivity contribution in [2.45, 2.75) is 31.3 Å². The summed E-state index contributed by atoms with van der Waals surface area (Å²) < 4.78 is 13.5. The van der Waals surface area contributed by atoms with Crippen LogP contribution < -0.4 is 11.1 Å². The molecule has 1 aromatic carbocycles. The number of anilines is 1. The second-order valence-corrected chi connectivity index (χ2v) is 4.85. The second kappa shape index (κ2) is 4.94. The molecule has 0 unspecified atom stereocenters. The number of benzene rings is 1. The Morgan fingerprint density at radius 1 is 1.44 bits per heavy atom. The average Bonchev–Trinajstić information content (AvgIpc) is 2.74. The Hall–Kier alpha value is -1.62. The van der Waals surface area contributed by atoms with Gasteiger partial charge in [0.1, 0.15) is 5.82 Å². The molecule has 0 aromatic heterocycles. The first kappa shape index (κ1) is 12.8. The van der Waals surface area contributed by atoms with Crippen LogP contribution >= 0.6 is 0 Å². The molecule has 1 aromatic rings. The summed E-state index contributed by atoms with van der Waals surface area (Å²) in [6.07, 6.45) is 3.28. The van der Waals surface area contributed by atoms with Crippen molar-refractivity contribution in [1.82, 2.24) is 5.32 Å². The van der Waals surface area contributed by atoms with Crippen LogP contribution in [0.3, 0.4) is 0 Å². The van der Waals surface area contributed by atoms with Gasteiger partial charge in [-0.3, -0.25) is 4.79 Å². The fourth-order valence-electron chi connectivity index (χ4n) is 2.27. The first-order chi connectivity index (χ1) is 8.50. The highest BCUT2D eigenvalue weighted by Crippen LogP contribution is 2.28. The van der Waals surface area contributed by atoms with Crippen LogP contribution in [0.1, 0.15) is 36.0 Å². The lowest BCUT2D eigenvalue weighted by atomic mass is 10.0. The summed E-state index contributed by atoms with van der Waals surface area (Å²) in [7, 11) is 0. The highest BCUT2D eigenvalue weighted by Gasteiger charge is 2.31. The molecule has 0 heterocycles. The first-order valence-electron chi connectivity index (χ1n) is 6.06. The van der Waals surface area contributed by atoms with Crippen molar-refractivity contribution in [2.24, 2.45) is 0 Å². The average molecular weight is 252 g/mol. The first-order valence-corrected chi connectivity index (χ1v) is 6.06. The van der Waals surface area contributed by atoms with Gasteiger partial charge in [0.25, 0.3) is 5.91 Å². The highest BCUT2D eigenvalue weighted by atomic mass is 19.1. The van der Waals surface area contributed by atoms with Crippen molar-refractivity contribution < 1.29 is 14.3 Å². The van der Waals surface area contributed by atoms with E-state index in [1.807, 2.05) is 0 Å². The van der Waals surface area contributed by atoms with Crippen LogP contribution in [0.5, 0.6) is 0 Å². The lowest BCUT2D eigenvalue weighted by molar-refractivity contribution is 0.0448. The van der Waals surface area contributed by atoms with Crippen molar-refractivity contribution in [3.05, 3.63) is 29.6 Å². The molecular formula is C13H17FN2O2. The number of aliphatic hydroxyl groups is 1. The molecule has 98 valence electrons. The molecule has 0 saturated heterocycles. The Bertz CT molecular complexity index is 456. The van der Waals surface area contributed by atoms with Crippen molar-refractivity contribution in [1.29, 1.82) is 0 Å². The molecule has 0 aliphatic heterocycles. The SMILES string of the molecule is Nc1ccc(C(=O)NCC2(O)CCCC2)c(F)c1. The number of halogens is 1. The number of nitrogen functional groups attached to an aromatic ring is 1. The Morgan fingerprint density at radius 3 is 2.72 bits per heavy atom.